The number of Topliss-reactive ketones (excluding diaryl/α,β-unsaturated/α-hetero) is 1. The third-order valence-electron chi connectivity index (χ3n) is 3.28. The van der Waals surface area contributed by atoms with E-state index >= 15 is 0 Å². The molecule has 0 saturated heterocycles. The number of aryl methyl sites for hydroxylation is 1. The van der Waals surface area contributed by atoms with Crippen molar-refractivity contribution in [3.8, 4) is 0 Å². The van der Waals surface area contributed by atoms with Gasteiger partial charge in [-0.05, 0) is 6.92 Å². The Balaban J connectivity index is 1.95. The molecule has 0 fully saturated rings. The second-order valence-corrected chi connectivity index (χ2v) is 6.11. The van der Waals surface area contributed by atoms with E-state index in [2.05, 4.69) is 15.2 Å². The molecule has 3 aromatic rings. The Labute approximate surface area is 144 Å². The largest absolute Gasteiger partial charge is 0.287 e. The molecule has 0 aliphatic heterocycles. The second-order valence-electron chi connectivity index (χ2n) is 5.05. The zero-order valence-electron chi connectivity index (χ0n) is 13.1. The molecule has 118 valence electrons. The van der Waals surface area contributed by atoms with E-state index in [-0.39, 0.29) is 5.78 Å². The number of rotatable bonds is 5. The van der Waals surface area contributed by atoms with Crippen molar-refractivity contribution >= 4 is 29.0 Å². The van der Waals surface area contributed by atoms with Crippen molar-refractivity contribution in [2.75, 3.05) is 0 Å². The number of hydrogen-bond donors (Lipinski definition) is 0. The molecule has 0 amide bonds. The highest BCUT2D eigenvalue weighted by molar-refractivity contribution is 7.09. The molecule has 0 aliphatic rings. The van der Waals surface area contributed by atoms with Crippen molar-refractivity contribution in [2.24, 2.45) is 10.2 Å². The minimum absolute atomic E-state index is 0.159. The monoisotopic (exact) mass is 333 g/mol. The predicted molar refractivity (Wildman–Crippen MR) is 98.2 cm³/mol. The van der Waals surface area contributed by atoms with E-state index in [9.17, 15) is 4.79 Å². The fourth-order valence-corrected chi connectivity index (χ4v) is 2.70. The number of carbonyl (C=O) groups is 1. The SMILES string of the molecule is Cc1nc(/C=N\N=C(/C(=O)c2ccccc2)c2ccccc2)cs1. The smallest absolute Gasteiger partial charge is 0.213 e. The van der Waals surface area contributed by atoms with Crippen molar-refractivity contribution < 1.29 is 4.79 Å². The average Bonchev–Trinajstić information content (AvgIpc) is 3.05. The van der Waals surface area contributed by atoms with Crippen LogP contribution < -0.4 is 0 Å². The van der Waals surface area contributed by atoms with Crippen LogP contribution in [0.2, 0.25) is 0 Å². The number of thiazole rings is 1. The minimum atomic E-state index is -0.159. The molecule has 0 bridgehead atoms. The molecule has 3 rings (SSSR count). The molecule has 24 heavy (non-hydrogen) atoms. The highest BCUT2D eigenvalue weighted by atomic mass is 32.1. The number of benzene rings is 2. The molecule has 5 heteroatoms. The zero-order valence-corrected chi connectivity index (χ0v) is 13.9. The van der Waals surface area contributed by atoms with Crippen LogP contribution in [-0.4, -0.2) is 22.7 Å². The molecule has 0 spiro atoms. The van der Waals surface area contributed by atoms with Crippen LogP contribution in [0.25, 0.3) is 0 Å². The van der Waals surface area contributed by atoms with Crippen LogP contribution >= 0.6 is 11.3 Å². The molecule has 0 unspecified atom stereocenters. The molecule has 0 atom stereocenters. The normalized spacial score (nSPS) is 11.8. The first-order chi connectivity index (χ1) is 11.7. The van der Waals surface area contributed by atoms with Gasteiger partial charge in [0.1, 0.15) is 5.71 Å². The minimum Gasteiger partial charge on any atom is -0.287 e. The van der Waals surface area contributed by atoms with Crippen molar-refractivity contribution in [2.45, 2.75) is 6.92 Å². The van der Waals surface area contributed by atoms with E-state index in [0.717, 1.165) is 16.3 Å². The summed E-state index contributed by atoms with van der Waals surface area (Å²) in [4.78, 5) is 17.1. The van der Waals surface area contributed by atoms with E-state index in [1.807, 2.05) is 60.8 Å². The van der Waals surface area contributed by atoms with Crippen LogP contribution in [0.5, 0.6) is 0 Å². The summed E-state index contributed by atoms with van der Waals surface area (Å²) in [5, 5.41) is 11.1. The van der Waals surface area contributed by atoms with Crippen LogP contribution in [0.4, 0.5) is 0 Å². The average molecular weight is 333 g/mol. The summed E-state index contributed by atoms with van der Waals surface area (Å²) in [7, 11) is 0. The molecule has 0 N–H and O–H groups in total. The molecular formula is C19H15N3OS. The molecule has 0 aliphatic carbocycles. The first-order valence-corrected chi connectivity index (χ1v) is 8.30. The Morgan fingerprint density at radius 2 is 1.62 bits per heavy atom. The Bertz CT molecular complexity index is 883. The van der Waals surface area contributed by atoms with E-state index in [4.69, 9.17) is 0 Å². The van der Waals surface area contributed by atoms with Gasteiger partial charge in [-0.1, -0.05) is 60.7 Å². The van der Waals surface area contributed by atoms with Gasteiger partial charge in [0.15, 0.2) is 0 Å². The van der Waals surface area contributed by atoms with E-state index < -0.39 is 0 Å². The molecular weight excluding hydrogens is 318 g/mol. The number of aromatic nitrogens is 1. The molecule has 0 saturated carbocycles. The molecule has 1 heterocycles. The van der Waals surface area contributed by atoms with Gasteiger partial charge in [-0.3, -0.25) is 4.79 Å². The summed E-state index contributed by atoms with van der Waals surface area (Å²) in [6.45, 7) is 1.93. The standard InChI is InChI=1S/C19H15N3OS/c1-14-21-17(13-24-14)12-20-22-18(15-8-4-2-5-9-15)19(23)16-10-6-3-7-11-16/h2-13H,1H3/b20-12-,22-18-. The quantitative estimate of drug-likeness (QED) is 0.400. The lowest BCUT2D eigenvalue weighted by Gasteiger charge is -2.04. The van der Waals surface area contributed by atoms with Gasteiger partial charge in [0.25, 0.3) is 0 Å². The summed E-state index contributed by atoms with van der Waals surface area (Å²) < 4.78 is 0. The van der Waals surface area contributed by atoms with Crippen molar-refractivity contribution in [1.82, 2.24) is 4.98 Å². The van der Waals surface area contributed by atoms with Crippen LogP contribution in [0.1, 0.15) is 26.6 Å². The molecule has 0 radical (unpaired) electrons. The molecule has 4 nitrogen and oxygen atoms in total. The number of ketones is 1. The highest BCUT2D eigenvalue weighted by Gasteiger charge is 2.15. The van der Waals surface area contributed by atoms with Gasteiger partial charge < -0.3 is 0 Å². The van der Waals surface area contributed by atoms with E-state index in [1.54, 1.807) is 29.7 Å². The van der Waals surface area contributed by atoms with Gasteiger partial charge in [0, 0.05) is 16.5 Å². The van der Waals surface area contributed by atoms with Gasteiger partial charge in [0.05, 0.1) is 16.9 Å². The van der Waals surface area contributed by atoms with E-state index in [0.29, 0.717) is 11.3 Å². The highest BCUT2D eigenvalue weighted by Crippen LogP contribution is 2.10. The van der Waals surface area contributed by atoms with Gasteiger partial charge in [-0.2, -0.15) is 5.10 Å². The molecule has 2 aromatic carbocycles. The van der Waals surface area contributed by atoms with Crippen LogP contribution in [0.3, 0.4) is 0 Å². The lowest BCUT2D eigenvalue weighted by atomic mass is 10.0. The summed E-state index contributed by atoms with van der Waals surface area (Å²) in [5.74, 6) is -0.159. The lowest BCUT2D eigenvalue weighted by Crippen LogP contribution is -2.15. The summed E-state index contributed by atoms with van der Waals surface area (Å²) in [6.07, 6.45) is 1.56. The summed E-state index contributed by atoms with van der Waals surface area (Å²) in [5.41, 5.74) is 2.36. The van der Waals surface area contributed by atoms with Gasteiger partial charge in [-0.25, -0.2) is 4.98 Å². The first-order valence-electron chi connectivity index (χ1n) is 7.42. The predicted octanol–water partition coefficient (Wildman–Crippen LogP) is 4.16. The number of carbonyl (C=O) groups excluding carboxylic acids is 1. The van der Waals surface area contributed by atoms with Crippen LogP contribution in [0.15, 0.2) is 76.2 Å². The Kier molecular flexibility index (Phi) is 5.03. The van der Waals surface area contributed by atoms with Crippen LogP contribution in [0, 0.1) is 6.92 Å². The number of nitrogens with zero attached hydrogens (tertiary/aromatic N) is 3. The maximum Gasteiger partial charge on any atom is 0.213 e. The van der Waals surface area contributed by atoms with Crippen LogP contribution in [-0.2, 0) is 0 Å². The lowest BCUT2D eigenvalue weighted by molar-refractivity contribution is 0.106. The fourth-order valence-electron chi connectivity index (χ4n) is 2.14. The molecule has 1 aromatic heterocycles. The maximum absolute atomic E-state index is 12.8. The van der Waals surface area contributed by atoms with Gasteiger partial charge in [-0.15, -0.1) is 16.4 Å². The van der Waals surface area contributed by atoms with Crippen molar-refractivity contribution in [3.05, 3.63) is 87.9 Å². The fraction of sp³-hybridized carbons (Fsp3) is 0.0526. The third kappa shape index (κ3) is 3.88. The Hall–Kier alpha value is -2.92. The van der Waals surface area contributed by atoms with Gasteiger partial charge in [0.2, 0.25) is 5.78 Å². The number of hydrogen-bond acceptors (Lipinski definition) is 5. The zero-order chi connectivity index (χ0) is 16.8. The Morgan fingerprint density at radius 3 is 2.21 bits per heavy atom. The Morgan fingerprint density at radius 1 is 1.00 bits per heavy atom. The van der Waals surface area contributed by atoms with Gasteiger partial charge >= 0.3 is 0 Å². The second kappa shape index (κ2) is 7.57. The third-order valence-corrected chi connectivity index (χ3v) is 4.07. The first kappa shape index (κ1) is 16.0. The maximum atomic E-state index is 12.8. The topological polar surface area (TPSA) is 54.7 Å². The van der Waals surface area contributed by atoms with Crippen molar-refractivity contribution in [3.63, 3.8) is 0 Å². The summed E-state index contributed by atoms with van der Waals surface area (Å²) in [6, 6.07) is 18.4. The van der Waals surface area contributed by atoms with E-state index in [1.165, 1.54) is 0 Å². The van der Waals surface area contributed by atoms with Crippen molar-refractivity contribution in [1.29, 1.82) is 0 Å². The summed E-state index contributed by atoms with van der Waals surface area (Å²) >= 11 is 1.55.